The van der Waals surface area contributed by atoms with Crippen molar-refractivity contribution in [2.24, 2.45) is 5.41 Å². The molecule has 1 fully saturated rings. The molecule has 2 atom stereocenters. The lowest BCUT2D eigenvalue weighted by Gasteiger charge is -2.51. The van der Waals surface area contributed by atoms with Crippen LogP contribution in [0.4, 0.5) is 11.6 Å². The molecule has 0 amide bonds. The van der Waals surface area contributed by atoms with Crippen LogP contribution in [0.1, 0.15) is 27.2 Å². The molecule has 6 nitrogen and oxygen atoms in total. The first-order chi connectivity index (χ1) is 9.54. The molecular weight excluding hydrogens is 256 g/mol. The topological polar surface area (TPSA) is 68.3 Å². The molecule has 1 saturated carbocycles. The highest BCUT2D eigenvalue weighted by molar-refractivity contribution is 5.64. The van der Waals surface area contributed by atoms with Gasteiger partial charge < -0.3 is 20.1 Å². The van der Waals surface area contributed by atoms with Crippen molar-refractivity contribution in [2.75, 3.05) is 31.4 Å². The van der Waals surface area contributed by atoms with Crippen LogP contribution in [-0.2, 0) is 4.74 Å². The molecule has 0 bridgehead atoms. The van der Waals surface area contributed by atoms with Crippen molar-refractivity contribution in [1.29, 1.82) is 0 Å². The minimum atomic E-state index is 0.0725. The van der Waals surface area contributed by atoms with Crippen molar-refractivity contribution in [3.63, 3.8) is 0 Å². The summed E-state index contributed by atoms with van der Waals surface area (Å²) in [5, 5.41) is 6.63. The lowest BCUT2D eigenvalue weighted by atomic mass is 9.64. The smallest absolute Gasteiger partial charge is 0.204 e. The number of hydrogen-bond donors (Lipinski definition) is 2. The van der Waals surface area contributed by atoms with Gasteiger partial charge >= 0.3 is 0 Å². The van der Waals surface area contributed by atoms with Gasteiger partial charge in [0.05, 0.1) is 13.2 Å². The van der Waals surface area contributed by atoms with Gasteiger partial charge in [0.2, 0.25) is 5.75 Å². The fraction of sp³-hybridized carbons (Fsp3) is 0.714. The molecule has 0 spiro atoms. The van der Waals surface area contributed by atoms with E-state index in [0.717, 1.165) is 18.8 Å². The van der Waals surface area contributed by atoms with E-state index in [0.29, 0.717) is 17.6 Å². The van der Waals surface area contributed by atoms with Crippen LogP contribution in [0.3, 0.4) is 0 Å². The second kappa shape index (κ2) is 5.83. The number of anilines is 2. The standard InChI is InChI=1S/C14H24N4O2/c1-6-15-12-11(20-5)13(17-8-16-12)18-9-7-10(19-4)14(9,2)3/h8-10H,6-7H2,1-5H3,(H2,15,16,17,18). The van der Waals surface area contributed by atoms with E-state index < -0.39 is 0 Å². The van der Waals surface area contributed by atoms with Crippen molar-refractivity contribution in [1.82, 2.24) is 9.97 Å². The summed E-state index contributed by atoms with van der Waals surface area (Å²) >= 11 is 0. The first-order valence-corrected chi connectivity index (χ1v) is 6.96. The summed E-state index contributed by atoms with van der Waals surface area (Å²) in [6.45, 7) is 7.20. The summed E-state index contributed by atoms with van der Waals surface area (Å²) in [4.78, 5) is 8.51. The maximum Gasteiger partial charge on any atom is 0.204 e. The Morgan fingerprint density at radius 1 is 1.30 bits per heavy atom. The molecule has 0 aliphatic heterocycles. The van der Waals surface area contributed by atoms with E-state index in [1.54, 1.807) is 20.5 Å². The molecule has 0 aromatic carbocycles. The Balaban J connectivity index is 2.16. The van der Waals surface area contributed by atoms with E-state index in [-0.39, 0.29) is 11.5 Å². The van der Waals surface area contributed by atoms with Crippen LogP contribution >= 0.6 is 0 Å². The van der Waals surface area contributed by atoms with Crippen LogP contribution in [0.25, 0.3) is 0 Å². The summed E-state index contributed by atoms with van der Waals surface area (Å²) in [6, 6.07) is 0.311. The number of nitrogens with zero attached hydrogens (tertiary/aromatic N) is 2. The van der Waals surface area contributed by atoms with Crippen molar-refractivity contribution in [3.8, 4) is 5.75 Å². The fourth-order valence-electron chi connectivity index (χ4n) is 2.66. The number of aromatic nitrogens is 2. The molecule has 1 aromatic rings. The number of ether oxygens (including phenoxy) is 2. The lowest BCUT2D eigenvalue weighted by molar-refractivity contribution is -0.0796. The van der Waals surface area contributed by atoms with Crippen molar-refractivity contribution in [2.45, 2.75) is 39.3 Å². The highest BCUT2D eigenvalue weighted by Gasteiger charge is 2.49. The average Bonchev–Trinajstić information content (AvgIpc) is 2.43. The molecule has 112 valence electrons. The van der Waals surface area contributed by atoms with Gasteiger partial charge in [-0.1, -0.05) is 13.8 Å². The average molecular weight is 280 g/mol. The molecular formula is C14H24N4O2. The molecule has 1 aliphatic carbocycles. The van der Waals surface area contributed by atoms with Gasteiger partial charge in [0.15, 0.2) is 11.6 Å². The maximum absolute atomic E-state index is 5.47. The van der Waals surface area contributed by atoms with E-state index in [1.807, 2.05) is 6.92 Å². The zero-order valence-corrected chi connectivity index (χ0v) is 12.9. The molecule has 1 aromatic heterocycles. The van der Waals surface area contributed by atoms with E-state index in [2.05, 4.69) is 34.4 Å². The second-order valence-electron chi connectivity index (χ2n) is 5.61. The minimum Gasteiger partial charge on any atom is -0.490 e. The van der Waals surface area contributed by atoms with Crippen LogP contribution in [0.5, 0.6) is 5.75 Å². The van der Waals surface area contributed by atoms with Crippen LogP contribution in [0.15, 0.2) is 6.33 Å². The lowest BCUT2D eigenvalue weighted by Crippen LogP contribution is -2.57. The Hall–Kier alpha value is -1.56. The molecule has 2 unspecified atom stereocenters. The molecule has 2 N–H and O–H groups in total. The number of methoxy groups -OCH3 is 2. The van der Waals surface area contributed by atoms with E-state index >= 15 is 0 Å². The van der Waals surface area contributed by atoms with Crippen molar-refractivity contribution >= 4 is 11.6 Å². The van der Waals surface area contributed by atoms with Crippen molar-refractivity contribution < 1.29 is 9.47 Å². The normalized spacial score (nSPS) is 23.9. The summed E-state index contributed by atoms with van der Waals surface area (Å²) < 4.78 is 10.9. The van der Waals surface area contributed by atoms with Gasteiger partial charge in [-0.15, -0.1) is 0 Å². The highest BCUT2D eigenvalue weighted by Crippen LogP contribution is 2.45. The predicted octanol–water partition coefficient (Wildman–Crippen LogP) is 2.14. The third-order valence-corrected chi connectivity index (χ3v) is 4.13. The molecule has 1 heterocycles. The largest absolute Gasteiger partial charge is 0.490 e. The van der Waals surface area contributed by atoms with Gasteiger partial charge in [0.1, 0.15) is 6.33 Å². The Kier molecular flexibility index (Phi) is 4.32. The summed E-state index contributed by atoms with van der Waals surface area (Å²) in [5.41, 5.74) is 0.0725. The molecule has 0 saturated heterocycles. The molecule has 6 heteroatoms. The Morgan fingerprint density at radius 3 is 2.55 bits per heavy atom. The first kappa shape index (κ1) is 14.8. The third-order valence-electron chi connectivity index (χ3n) is 4.13. The Bertz CT molecular complexity index is 464. The summed E-state index contributed by atoms with van der Waals surface area (Å²) in [6.07, 6.45) is 2.79. The van der Waals surface area contributed by atoms with Gasteiger partial charge in [-0.2, -0.15) is 0 Å². The quantitative estimate of drug-likeness (QED) is 0.832. The highest BCUT2D eigenvalue weighted by atomic mass is 16.5. The minimum absolute atomic E-state index is 0.0725. The summed E-state index contributed by atoms with van der Waals surface area (Å²) in [7, 11) is 3.39. The van der Waals surface area contributed by atoms with E-state index in [9.17, 15) is 0 Å². The van der Waals surface area contributed by atoms with Crippen LogP contribution in [-0.4, -0.2) is 42.9 Å². The van der Waals surface area contributed by atoms with Crippen LogP contribution in [0, 0.1) is 5.41 Å². The zero-order chi connectivity index (χ0) is 14.8. The SMILES string of the molecule is CCNc1ncnc(NC2CC(OC)C2(C)C)c1OC. The number of hydrogen-bond acceptors (Lipinski definition) is 6. The van der Waals surface area contributed by atoms with Gasteiger partial charge in [0.25, 0.3) is 0 Å². The molecule has 1 aliphatic rings. The number of rotatable bonds is 6. The van der Waals surface area contributed by atoms with Crippen molar-refractivity contribution in [3.05, 3.63) is 6.33 Å². The Morgan fingerprint density at radius 2 is 2.00 bits per heavy atom. The molecule has 2 rings (SSSR count). The third kappa shape index (κ3) is 2.52. The second-order valence-corrected chi connectivity index (χ2v) is 5.61. The Labute approximate surface area is 120 Å². The van der Waals surface area contributed by atoms with E-state index in [1.165, 1.54) is 0 Å². The summed E-state index contributed by atoms with van der Waals surface area (Å²) in [5.74, 6) is 2.10. The monoisotopic (exact) mass is 280 g/mol. The van der Waals surface area contributed by atoms with Gasteiger partial charge in [-0.25, -0.2) is 9.97 Å². The number of nitrogens with one attached hydrogen (secondary N) is 2. The molecule has 20 heavy (non-hydrogen) atoms. The first-order valence-electron chi connectivity index (χ1n) is 6.96. The van der Waals surface area contributed by atoms with Gasteiger partial charge in [0, 0.05) is 25.1 Å². The fourth-order valence-corrected chi connectivity index (χ4v) is 2.66. The van der Waals surface area contributed by atoms with E-state index in [4.69, 9.17) is 9.47 Å². The van der Waals surface area contributed by atoms with Gasteiger partial charge in [-0.3, -0.25) is 0 Å². The maximum atomic E-state index is 5.47. The predicted molar refractivity (Wildman–Crippen MR) is 79.4 cm³/mol. The van der Waals surface area contributed by atoms with Gasteiger partial charge in [-0.05, 0) is 13.3 Å². The zero-order valence-electron chi connectivity index (χ0n) is 12.9. The van der Waals surface area contributed by atoms with Crippen LogP contribution < -0.4 is 15.4 Å². The van der Waals surface area contributed by atoms with Crippen LogP contribution in [0.2, 0.25) is 0 Å². The molecule has 0 radical (unpaired) electrons.